The van der Waals surface area contributed by atoms with Crippen LogP contribution in [0.25, 0.3) is 22.2 Å². The average molecular weight is 419 g/mol. The minimum atomic E-state index is 0.431. The van der Waals surface area contributed by atoms with Crippen molar-refractivity contribution >= 4 is 51.7 Å². The van der Waals surface area contributed by atoms with E-state index in [2.05, 4.69) is 39.6 Å². The Balaban J connectivity index is 1.65. The van der Waals surface area contributed by atoms with E-state index in [0.29, 0.717) is 10.1 Å². The molecule has 6 heteroatoms. The molecule has 0 aliphatic rings. The number of hydrogen-bond acceptors (Lipinski definition) is 2. The van der Waals surface area contributed by atoms with E-state index in [-0.39, 0.29) is 0 Å². The highest BCUT2D eigenvalue weighted by Gasteiger charge is 2.15. The van der Waals surface area contributed by atoms with Crippen molar-refractivity contribution < 1.29 is 0 Å². The summed E-state index contributed by atoms with van der Waals surface area (Å²) in [5, 5.41) is 9.76. The number of nitrogens with zero attached hydrogens (tertiary/aromatic N) is 2. The Bertz CT molecular complexity index is 1180. The molecular weight excluding hydrogens is 400 g/mol. The SMILES string of the molecule is Cn1c(-c2ccc(Cl)cc2)c(/C=N/NC(=S)Nc2ccccc2)c2ccccc21. The average Bonchev–Trinajstić information content (AvgIpc) is 3.02. The largest absolute Gasteiger partial charge is 0.343 e. The van der Waals surface area contributed by atoms with Gasteiger partial charge in [0.05, 0.1) is 11.9 Å². The third-order valence-corrected chi connectivity index (χ3v) is 5.10. The lowest BCUT2D eigenvalue weighted by atomic mass is 10.1. The molecule has 0 atom stereocenters. The molecule has 4 rings (SSSR count). The first-order chi connectivity index (χ1) is 14.1. The van der Waals surface area contributed by atoms with Crippen LogP contribution >= 0.6 is 23.8 Å². The van der Waals surface area contributed by atoms with Crippen LogP contribution in [0.3, 0.4) is 0 Å². The van der Waals surface area contributed by atoms with E-state index < -0.39 is 0 Å². The number of benzene rings is 3. The standard InChI is InChI=1S/C23H19ClN4S/c1-28-21-10-6-5-9-19(21)20(22(28)16-11-13-17(24)14-12-16)15-25-27-23(29)26-18-7-3-2-4-8-18/h2-15H,1H3,(H2,26,27,29)/b25-15+. The van der Waals surface area contributed by atoms with Gasteiger partial charge in [-0.05, 0) is 48.1 Å². The van der Waals surface area contributed by atoms with Crippen molar-refractivity contribution in [3.8, 4) is 11.3 Å². The van der Waals surface area contributed by atoms with E-state index >= 15 is 0 Å². The molecule has 0 unspecified atom stereocenters. The number of halogens is 1. The third-order valence-electron chi connectivity index (χ3n) is 4.66. The second kappa shape index (κ2) is 8.47. The van der Waals surface area contributed by atoms with Gasteiger partial charge < -0.3 is 9.88 Å². The summed E-state index contributed by atoms with van der Waals surface area (Å²) in [4.78, 5) is 0. The Kier molecular flexibility index (Phi) is 5.60. The summed E-state index contributed by atoms with van der Waals surface area (Å²) >= 11 is 11.4. The highest BCUT2D eigenvalue weighted by Crippen LogP contribution is 2.32. The van der Waals surface area contributed by atoms with Crippen LogP contribution in [0.15, 0.2) is 84.0 Å². The second-order valence-corrected chi connectivity index (χ2v) is 7.38. The van der Waals surface area contributed by atoms with E-state index in [1.165, 1.54) is 0 Å². The van der Waals surface area contributed by atoms with Crippen LogP contribution in [-0.2, 0) is 7.05 Å². The van der Waals surface area contributed by atoms with Crippen LogP contribution in [0.4, 0.5) is 5.69 Å². The summed E-state index contributed by atoms with van der Waals surface area (Å²) in [6.07, 6.45) is 1.81. The molecule has 29 heavy (non-hydrogen) atoms. The van der Waals surface area contributed by atoms with Gasteiger partial charge in [0, 0.05) is 34.2 Å². The first-order valence-electron chi connectivity index (χ1n) is 9.12. The number of fused-ring (bicyclic) bond motifs is 1. The zero-order chi connectivity index (χ0) is 20.2. The minimum absolute atomic E-state index is 0.431. The molecule has 3 aromatic carbocycles. The van der Waals surface area contributed by atoms with Gasteiger partial charge in [0.1, 0.15) is 0 Å². The molecule has 0 radical (unpaired) electrons. The molecule has 0 amide bonds. The molecule has 0 aliphatic heterocycles. The van der Waals surface area contributed by atoms with E-state index in [9.17, 15) is 0 Å². The summed E-state index contributed by atoms with van der Waals surface area (Å²) in [6, 6.07) is 25.8. The van der Waals surface area contributed by atoms with Gasteiger partial charge in [0.15, 0.2) is 5.11 Å². The number of aryl methyl sites for hydroxylation is 1. The van der Waals surface area contributed by atoms with Crippen molar-refractivity contribution in [2.45, 2.75) is 0 Å². The predicted octanol–water partition coefficient (Wildman–Crippen LogP) is 5.82. The van der Waals surface area contributed by atoms with Gasteiger partial charge in [-0.1, -0.05) is 60.1 Å². The second-order valence-electron chi connectivity index (χ2n) is 6.54. The normalized spacial score (nSPS) is 11.1. The molecule has 0 bridgehead atoms. The first kappa shape index (κ1) is 19.2. The van der Waals surface area contributed by atoms with Crippen molar-refractivity contribution in [2.24, 2.45) is 12.1 Å². The zero-order valence-electron chi connectivity index (χ0n) is 15.8. The predicted molar refractivity (Wildman–Crippen MR) is 127 cm³/mol. The maximum Gasteiger partial charge on any atom is 0.191 e. The topological polar surface area (TPSA) is 41.4 Å². The quantitative estimate of drug-likeness (QED) is 0.249. The smallest absolute Gasteiger partial charge is 0.191 e. The van der Waals surface area contributed by atoms with Gasteiger partial charge in [-0.25, -0.2) is 0 Å². The number of hydrazone groups is 1. The molecule has 4 nitrogen and oxygen atoms in total. The zero-order valence-corrected chi connectivity index (χ0v) is 17.3. The van der Waals surface area contributed by atoms with Gasteiger partial charge in [-0.3, -0.25) is 5.43 Å². The van der Waals surface area contributed by atoms with Crippen molar-refractivity contribution in [1.82, 2.24) is 9.99 Å². The molecule has 4 aromatic rings. The van der Waals surface area contributed by atoms with Crippen molar-refractivity contribution in [3.05, 3.63) is 89.4 Å². The Morgan fingerprint density at radius 2 is 1.66 bits per heavy atom. The van der Waals surface area contributed by atoms with Crippen molar-refractivity contribution in [1.29, 1.82) is 0 Å². The summed E-state index contributed by atoms with van der Waals surface area (Å²) in [7, 11) is 2.05. The fourth-order valence-electron chi connectivity index (χ4n) is 3.35. The summed E-state index contributed by atoms with van der Waals surface area (Å²) in [5.41, 5.74) is 8.09. The van der Waals surface area contributed by atoms with Crippen LogP contribution in [0.5, 0.6) is 0 Å². The molecule has 2 N–H and O–H groups in total. The molecule has 0 saturated heterocycles. The van der Waals surface area contributed by atoms with E-state index in [1.807, 2.05) is 72.9 Å². The number of hydrogen-bond donors (Lipinski definition) is 2. The molecule has 144 valence electrons. The lowest BCUT2D eigenvalue weighted by Crippen LogP contribution is -2.23. The number of nitrogens with one attached hydrogen (secondary N) is 2. The summed E-state index contributed by atoms with van der Waals surface area (Å²) in [5.74, 6) is 0. The van der Waals surface area contributed by atoms with Gasteiger partial charge >= 0.3 is 0 Å². The van der Waals surface area contributed by atoms with Crippen LogP contribution in [0.2, 0.25) is 5.02 Å². The van der Waals surface area contributed by atoms with E-state index in [4.69, 9.17) is 23.8 Å². The Labute approximate surface area is 179 Å². The maximum absolute atomic E-state index is 6.08. The lowest BCUT2D eigenvalue weighted by molar-refractivity contribution is 0.976. The molecule has 0 fully saturated rings. The lowest BCUT2D eigenvalue weighted by Gasteiger charge is -2.08. The molecule has 0 spiro atoms. The van der Waals surface area contributed by atoms with Crippen LogP contribution in [0.1, 0.15) is 5.56 Å². The van der Waals surface area contributed by atoms with Gasteiger partial charge in [0.2, 0.25) is 0 Å². The number of aromatic nitrogens is 1. The number of thiocarbonyl (C=S) groups is 1. The van der Waals surface area contributed by atoms with E-state index in [1.54, 1.807) is 0 Å². The number of para-hydroxylation sites is 2. The van der Waals surface area contributed by atoms with Crippen LogP contribution in [0, 0.1) is 0 Å². The Morgan fingerprint density at radius 1 is 0.966 bits per heavy atom. The highest BCUT2D eigenvalue weighted by atomic mass is 35.5. The molecular formula is C23H19ClN4S. The molecule has 1 aromatic heterocycles. The molecule has 0 saturated carbocycles. The minimum Gasteiger partial charge on any atom is -0.343 e. The number of rotatable bonds is 4. The monoisotopic (exact) mass is 418 g/mol. The van der Waals surface area contributed by atoms with Gasteiger partial charge in [-0.2, -0.15) is 5.10 Å². The summed E-state index contributed by atoms with van der Waals surface area (Å²) < 4.78 is 2.17. The van der Waals surface area contributed by atoms with E-state index in [0.717, 1.165) is 33.4 Å². The third kappa shape index (κ3) is 4.16. The summed E-state index contributed by atoms with van der Waals surface area (Å²) in [6.45, 7) is 0. The first-order valence-corrected chi connectivity index (χ1v) is 9.90. The Morgan fingerprint density at radius 3 is 2.41 bits per heavy atom. The van der Waals surface area contributed by atoms with Crippen molar-refractivity contribution in [3.63, 3.8) is 0 Å². The highest BCUT2D eigenvalue weighted by molar-refractivity contribution is 7.80. The van der Waals surface area contributed by atoms with Gasteiger partial charge in [0.25, 0.3) is 0 Å². The fourth-order valence-corrected chi connectivity index (χ4v) is 3.64. The fraction of sp³-hybridized carbons (Fsp3) is 0.0435. The van der Waals surface area contributed by atoms with Gasteiger partial charge in [-0.15, -0.1) is 0 Å². The molecule has 0 aliphatic carbocycles. The van der Waals surface area contributed by atoms with Crippen LogP contribution < -0.4 is 10.7 Å². The Hall–Kier alpha value is -3.15. The number of anilines is 1. The van der Waals surface area contributed by atoms with Crippen molar-refractivity contribution in [2.75, 3.05) is 5.32 Å². The maximum atomic E-state index is 6.08. The molecule has 1 heterocycles. The van der Waals surface area contributed by atoms with Crippen LogP contribution in [-0.4, -0.2) is 15.9 Å².